The van der Waals surface area contributed by atoms with E-state index in [1.54, 1.807) is 43.0 Å². The Bertz CT molecular complexity index is 912. The number of rotatable bonds is 3. The molecule has 26 heavy (non-hydrogen) atoms. The molecule has 134 valence electrons. The first-order chi connectivity index (χ1) is 12.7. The number of anilines is 1. The fourth-order valence-corrected chi connectivity index (χ4v) is 4.19. The Morgan fingerprint density at radius 2 is 1.96 bits per heavy atom. The number of aromatic nitrogens is 2. The van der Waals surface area contributed by atoms with Crippen molar-refractivity contribution in [3.63, 3.8) is 0 Å². The molecule has 3 aromatic rings. The molecule has 0 unspecified atom stereocenters. The van der Waals surface area contributed by atoms with Gasteiger partial charge in [-0.2, -0.15) is 0 Å². The van der Waals surface area contributed by atoms with Crippen LogP contribution in [0.5, 0.6) is 5.75 Å². The monoisotopic (exact) mass is 368 g/mol. The van der Waals surface area contributed by atoms with Gasteiger partial charge in [-0.15, -0.1) is 0 Å². The minimum absolute atomic E-state index is 0.0725. The summed E-state index contributed by atoms with van der Waals surface area (Å²) in [6, 6.07) is 9.49. The van der Waals surface area contributed by atoms with Crippen LogP contribution in [-0.4, -0.2) is 54.1 Å². The Morgan fingerprint density at radius 1 is 1.12 bits per heavy atom. The summed E-state index contributed by atoms with van der Waals surface area (Å²) < 4.78 is 6.41. The van der Waals surface area contributed by atoms with Crippen molar-refractivity contribution in [2.45, 2.75) is 6.42 Å². The number of ether oxygens (including phenoxy) is 1. The summed E-state index contributed by atoms with van der Waals surface area (Å²) >= 11 is 1.67. The predicted molar refractivity (Wildman–Crippen MR) is 103 cm³/mol. The third-order valence-electron chi connectivity index (χ3n) is 4.57. The van der Waals surface area contributed by atoms with Gasteiger partial charge in [-0.1, -0.05) is 11.3 Å². The molecule has 6 nitrogen and oxygen atoms in total. The summed E-state index contributed by atoms with van der Waals surface area (Å²) in [5, 5.41) is 1.01. The molecule has 4 rings (SSSR count). The number of benzene rings is 1. The molecule has 0 aliphatic carbocycles. The molecule has 0 atom stereocenters. The van der Waals surface area contributed by atoms with Crippen molar-refractivity contribution in [2.24, 2.45) is 0 Å². The fraction of sp³-hybridized carbons (Fsp3) is 0.316. The van der Waals surface area contributed by atoms with Crippen LogP contribution in [0.3, 0.4) is 0 Å². The van der Waals surface area contributed by atoms with Gasteiger partial charge in [-0.25, -0.2) is 4.98 Å². The highest BCUT2D eigenvalue weighted by Gasteiger charge is 2.22. The molecular weight excluding hydrogens is 348 g/mol. The standard InChI is InChI=1S/C19H20N4O2S/c1-25-15-3-4-16-17(13-15)26-19(21-16)23-10-2-9-22(11-12-23)18(24)14-5-7-20-8-6-14/h3-8,13H,2,9-12H2,1H3. The first kappa shape index (κ1) is 16.8. The van der Waals surface area contributed by atoms with E-state index < -0.39 is 0 Å². The van der Waals surface area contributed by atoms with Crippen molar-refractivity contribution in [2.75, 3.05) is 38.2 Å². The van der Waals surface area contributed by atoms with Crippen LogP contribution in [0.15, 0.2) is 42.7 Å². The van der Waals surface area contributed by atoms with Crippen molar-refractivity contribution in [3.8, 4) is 5.75 Å². The fourth-order valence-electron chi connectivity index (χ4n) is 3.14. The Hall–Kier alpha value is -2.67. The zero-order chi connectivity index (χ0) is 17.9. The highest BCUT2D eigenvalue weighted by molar-refractivity contribution is 7.22. The quantitative estimate of drug-likeness (QED) is 0.711. The normalized spacial score (nSPS) is 15.1. The summed E-state index contributed by atoms with van der Waals surface area (Å²) in [5.41, 5.74) is 1.68. The maximum atomic E-state index is 12.7. The van der Waals surface area contributed by atoms with Gasteiger partial charge in [-0.05, 0) is 36.8 Å². The molecule has 2 aromatic heterocycles. The molecule has 0 radical (unpaired) electrons. The number of amides is 1. The van der Waals surface area contributed by atoms with E-state index in [-0.39, 0.29) is 5.91 Å². The van der Waals surface area contributed by atoms with Crippen LogP contribution >= 0.6 is 11.3 Å². The summed E-state index contributed by atoms with van der Waals surface area (Å²) in [4.78, 5) is 25.6. The van der Waals surface area contributed by atoms with Gasteiger partial charge in [0.1, 0.15) is 5.75 Å². The van der Waals surface area contributed by atoms with Crippen LogP contribution in [0.25, 0.3) is 10.2 Å². The SMILES string of the molecule is COc1ccc2nc(N3CCCN(C(=O)c4ccncc4)CC3)sc2c1. The Balaban J connectivity index is 1.49. The Labute approximate surface area is 156 Å². The number of fused-ring (bicyclic) bond motifs is 1. The summed E-state index contributed by atoms with van der Waals surface area (Å²) in [6.07, 6.45) is 4.25. The molecule has 1 aliphatic rings. The topological polar surface area (TPSA) is 58.6 Å². The maximum Gasteiger partial charge on any atom is 0.254 e. The van der Waals surface area contributed by atoms with E-state index in [0.717, 1.165) is 47.2 Å². The zero-order valence-electron chi connectivity index (χ0n) is 14.6. The number of carbonyl (C=O) groups is 1. The van der Waals surface area contributed by atoms with Crippen LogP contribution < -0.4 is 9.64 Å². The second-order valence-electron chi connectivity index (χ2n) is 6.20. The average Bonchev–Trinajstić information content (AvgIpc) is 2.96. The molecule has 0 bridgehead atoms. The van der Waals surface area contributed by atoms with Crippen molar-refractivity contribution in [1.29, 1.82) is 0 Å². The molecular formula is C19H20N4O2S. The van der Waals surface area contributed by atoms with Gasteiger partial charge in [0.25, 0.3) is 5.91 Å². The highest BCUT2D eigenvalue weighted by atomic mass is 32.1. The van der Waals surface area contributed by atoms with Crippen molar-refractivity contribution < 1.29 is 9.53 Å². The van der Waals surface area contributed by atoms with Gasteiger partial charge in [0.05, 0.1) is 17.3 Å². The largest absolute Gasteiger partial charge is 0.497 e. The van der Waals surface area contributed by atoms with E-state index in [1.807, 2.05) is 23.1 Å². The Morgan fingerprint density at radius 3 is 2.77 bits per heavy atom. The van der Waals surface area contributed by atoms with Gasteiger partial charge in [0.15, 0.2) is 5.13 Å². The average molecular weight is 368 g/mol. The van der Waals surface area contributed by atoms with E-state index in [9.17, 15) is 4.79 Å². The summed E-state index contributed by atoms with van der Waals surface area (Å²) in [6.45, 7) is 3.14. The van der Waals surface area contributed by atoms with Crippen LogP contribution in [0.1, 0.15) is 16.8 Å². The first-order valence-electron chi connectivity index (χ1n) is 8.63. The number of pyridine rings is 1. The Kier molecular flexibility index (Phi) is 4.71. The smallest absolute Gasteiger partial charge is 0.254 e. The van der Waals surface area contributed by atoms with E-state index in [2.05, 4.69) is 9.88 Å². The highest BCUT2D eigenvalue weighted by Crippen LogP contribution is 2.31. The van der Waals surface area contributed by atoms with Crippen molar-refractivity contribution >= 4 is 32.6 Å². The van der Waals surface area contributed by atoms with Crippen LogP contribution in [-0.2, 0) is 0 Å². The van der Waals surface area contributed by atoms with E-state index in [4.69, 9.17) is 9.72 Å². The molecule has 0 saturated carbocycles. The van der Waals surface area contributed by atoms with Crippen LogP contribution in [0.2, 0.25) is 0 Å². The lowest BCUT2D eigenvalue weighted by Gasteiger charge is -2.21. The number of methoxy groups -OCH3 is 1. The minimum Gasteiger partial charge on any atom is -0.497 e. The molecule has 0 spiro atoms. The second-order valence-corrected chi connectivity index (χ2v) is 7.21. The van der Waals surface area contributed by atoms with Gasteiger partial charge >= 0.3 is 0 Å². The number of nitrogens with zero attached hydrogens (tertiary/aromatic N) is 4. The second kappa shape index (κ2) is 7.29. The number of hydrogen-bond acceptors (Lipinski definition) is 6. The van der Waals surface area contributed by atoms with Crippen molar-refractivity contribution in [3.05, 3.63) is 48.3 Å². The third kappa shape index (κ3) is 3.35. The zero-order valence-corrected chi connectivity index (χ0v) is 15.4. The molecule has 1 aromatic carbocycles. The number of hydrogen-bond donors (Lipinski definition) is 0. The van der Waals surface area contributed by atoms with E-state index >= 15 is 0 Å². The van der Waals surface area contributed by atoms with Crippen molar-refractivity contribution in [1.82, 2.24) is 14.9 Å². The van der Waals surface area contributed by atoms with Gasteiger partial charge < -0.3 is 14.5 Å². The molecule has 1 aliphatic heterocycles. The lowest BCUT2D eigenvalue weighted by molar-refractivity contribution is 0.0767. The van der Waals surface area contributed by atoms with Gasteiger partial charge in [-0.3, -0.25) is 9.78 Å². The molecule has 1 fully saturated rings. The number of carbonyl (C=O) groups excluding carboxylic acids is 1. The molecule has 7 heteroatoms. The molecule has 0 N–H and O–H groups in total. The first-order valence-corrected chi connectivity index (χ1v) is 9.45. The van der Waals surface area contributed by atoms with E-state index in [1.165, 1.54) is 0 Å². The molecule has 1 saturated heterocycles. The van der Waals surface area contributed by atoms with Crippen LogP contribution in [0.4, 0.5) is 5.13 Å². The van der Waals surface area contributed by atoms with Gasteiger partial charge in [0.2, 0.25) is 0 Å². The van der Waals surface area contributed by atoms with Gasteiger partial charge in [0, 0.05) is 44.1 Å². The summed E-state index contributed by atoms with van der Waals surface area (Å²) in [5.74, 6) is 0.918. The minimum atomic E-state index is 0.0725. The maximum absolute atomic E-state index is 12.7. The summed E-state index contributed by atoms with van der Waals surface area (Å²) in [7, 11) is 1.67. The third-order valence-corrected chi connectivity index (χ3v) is 5.64. The van der Waals surface area contributed by atoms with Crippen LogP contribution in [0, 0.1) is 0 Å². The number of thiazole rings is 1. The predicted octanol–water partition coefficient (Wildman–Crippen LogP) is 3.05. The lowest BCUT2D eigenvalue weighted by Crippen LogP contribution is -2.35. The lowest BCUT2D eigenvalue weighted by atomic mass is 10.2. The van der Waals surface area contributed by atoms with E-state index in [0.29, 0.717) is 12.1 Å². The molecule has 3 heterocycles. The molecule has 1 amide bonds.